The summed E-state index contributed by atoms with van der Waals surface area (Å²) in [5.41, 5.74) is 5.47. The third-order valence-electron chi connectivity index (χ3n) is 2.68. The van der Waals surface area contributed by atoms with Crippen molar-refractivity contribution in [1.29, 1.82) is 0 Å². The summed E-state index contributed by atoms with van der Waals surface area (Å²) in [6, 6.07) is 7.42. The van der Waals surface area contributed by atoms with Gasteiger partial charge in [0.25, 0.3) is 5.60 Å². The quantitative estimate of drug-likeness (QED) is 0.882. The van der Waals surface area contributed by atoms with Gasteiger partial charge in [-0.3, -0.25) is 0 Å². The van der Waals surface area contributed by atoms with Crippen molar-refractivity contribution in [2.75, 3.05) is 6.54 Å². The first-order valence-corrected chi connectivity index (χ1v) is 5.81. The minimum Gasteiger partial charge on any atom is -0.478 e. The zero-order valence-electron chi connectivity index (χ0n) is 8.89. The van der Waals surface area contributed by atoms with Crippen molar-refractivity contribution >= 4 is 27.6 Å². The van der Waals surface area contributed by atoms with Crippen molar-refractivity contribution in [2.45, 2.75) is 12.0 Å². The predicted molar refractivity (Wildman–Crippen MR) is 65.8 cm³/mol. The Morgan fingerprint density at radius 2 is 2.18 bits per heavy atom. The van der Waals surface area contributed by atoms with E-state index in [0.717, 1.165) is 10.0 Å². The maximum atomic E-state index is 11.1. The van der Waals surface area contributed by atoms with E-state index in [1.54, 1.807) is 0 Å². The summed E-state index contributed by atoms with van der Waals surface area (Å²) in [5.74, 6) is -1.09. The number of oxime groups is 1. The molecule has 0 spiro atoms. The van der Waals surface area contributed by atoms with Gasteiger partial charge < -0.3 is 15.7 Å². The first-order chi connectivity index (χ1) is 8.07. The van der Waals surface area contributed by atoms with Crippen LogP contribution in [0.5, 0.6) is 0 Å². The molecule has 6 heteroatoms. The number of nitrogens with zero attached hydrogens (tertiary/aromatic N) is 1. The van der Waals surface area contributed by atoms with Crippen molar-refractivity contribution in [3.63, 3.8) is 0 Å². The lowest BCUT2D eigenvalue weighted by molar-refractivity contribution is -0.161. The van der Waals surface area contributed by atoms with Crippen LogP contribution in [0, 0.1) is 0 Å². The van der Waals surface area contributed by atoms with Crippen LogP contribution in [0.15, 0.2) is 33.9 Å². The molecule has 90 valence electrons. The molecule has 3 N–H and O–H groups in total. The SMILES string of the molecule is NCC1(C(=O)O)CC(c2ccc(Br)cc2)=NO1. The Balaban J connectivity index is 2.22. The second-order valence-electron chi connectivity index (χ2n) is 3.82. The van der Waals surface area contributed by atoms with E-state index in [-0.39, 0.29) is 13.0 Å². The highest BCUT2D eigenvalue weighted by Crippen LogP contribution is 2.26. The molecule has 1 aromatic carbocycles. The fraction of sp³-hybridized carbons (Fsp3) is 0.273. The second kappa shape index (κ2) is 4.46. The highest BCUT2D eigenvalue weighted by Gasteiger charge is 2.45. The fourth-order valence-corrected chi connectivity index (χ4v) is 1.85. The molecule has 0 bridgehead atoms. The second-order valence-corrected chi connectivity index (χ2v) is 4.73. The lowest BCUT2D eigenvalue weighted by Crippen LogP contribution is -2.45. The Labute approximate surface area is 106 Å². The molecule has 0 radical (unpaired) electrons. The van der Waals surface area contributed by atoms with Crippen molar-refractivity contribution in [3.8, 4) is 0 Å². The minimum atomic E-state index is -1.41. The number of aliphatic carboxylic acids is 1. The number of nitrogens with two attached hydrogens (primary N) is 1. The highest BCUT2D eigenvalue weighted by molar-refractivity contribution is 9.10. The molecular weight excluding hydrogens is 288 g/mol. The molecule has 5 nitrogen and oxygen atoms in total. The molecule has 1 aliphatic heterocycles. The Kier molecular flexibility index (Phi) is 3.17. The molecular formula is C11H11BrN2O3. The van der Waals surface area contributed by atoms with Gasteiger partial charge >= 0.3 is 5.97 Å². The Bertz CT molecular complexity index is 472. The first-order valence-electron chi connectivity index (χ1n) is 5.02. The Morgan fingerprint density at radius 3 is 2.65 bits per heavy atom. The van der Waals surface area contributed by atoms with Gasteiger partial charge in [0.2, 0.25) is 0 Å². The summed E-state index contributed by atoms with van der Waals surface area (Å²) >= 11 is 3.33. The average molecular weight is 299 g/mol. The van der Waals surface area contributed by atoms with Gasteiger partial charge in [0.05, 0.1) is 5.71 Å². The fourth-order valence-electron chi connectivity index (χ4n) is 1.59. The standard InChI is InChI=1S/C11H11BrN2O3/c12-8-3-1-7(2-4-8)9-5-11(6-13,10(15)16)17-14-9/h1-4H,5-6,13H2,(H,15,16). The van der Waals surface area contributed by atoms with Gasteiger partial charge in [-0.1, -0.05) is 33.2 Å². The van der Waals surface area contributed by atoms with Crippen molar-refractivity contribution in [3.05, 3.63) is 34.3 Å². The molecule has 0 fully saturated rings. The maximum Gasteiger partial charge on any atom is 0.352 e. The van der Waals surface area contributed by atoms with Crippen LogP contribution in [-0.4, -0.2) is 28.9 Å². The molecule has 2 rings (SSSR count). The van der Waals surface area contributed by atoms with Crippen molar-refractivity contribution in [2.24, 2.45) is 10.9 Å². The molecule has 17 heavy (non-hydrogen) atoms. The van der Waals surface area contributed by atoms with Crippen LogP contribution < -0.4 is 5.73 Å². The van der Waals surface area contributed by atoms with Crippen LogP contribution in [0.3, 0.4) is 0 Å². The lowest BCUT2D eigenvalue weighted by Gasteiger charge is -2.18. The van der Waals surface area contributed by atoms with Crippen molar-refractivity contribution < 1.29 is 14.7 Å². The number of halogens is 1. The molecule has 1 heterocycles. The predicted octanol–water partition coefficient (Wildman–Crippen LogP) is 1.36. The minimum absolute atomic E-state index is 0.105. The molecule has 0 aliphatic carbocycles. The molecule has 0 aromatic heterocycles. The lowest BCUT2D eigenvalue weighted by atomic mass is 9.94. The van der Waals surface area contributed by atoms with Crippen LogP contribution >= 0.6 is 15.9 Å². The topological polar surface area (TPSA) is 84.9 Å². The van der Waals surface area contributed by atoms with E-state index >= 15 is 0 Å². The van der Waals surface area contributed by atoms with Gasteiger partial charge in [-0.2, -0.15) is 0 Å². The smallest absolute Gasteiger partial charge is 0.352 e. The van der Waals surface area contributed by atoms with E-state index in [4.69, 9.17) is 15.7 Å². The largest absolute Gasteiger partial charge is 0.478 e. The zero-order valence-corrected chi connectivity index (χ0v) is 10.5. The van der Waals surface area contributed by atoms with Gasteiger partial charge in [-0.25, -0.2) is 4.79 Å². The molecule has 0 saturated heterocycles. The van der Waals surface area contributed by atoms with Gasteiger partial charge in [0.1, 0.15) is 0 Å². The van der Waals surface area contributed by atoms with E-state index in [0.29, 0.717) is 5.71 Å². The Hall–Kier alpha value is -1.40. The van der Waals surface area contributed by atoms with Gasteiger partial charge in [0, 0.05) is 17.4 Å². The molecule has 1 atom stereocenters. The number of rotatable bonds is 3. The third kappa shape index (κ3) is 2.18. The number of benzene rings is 1. The van der Waals surface area contributed by atoms with Crippen molar-refractivity contribution in [1.82, 2.24) is 0 Å². The summed E-state index contributed by atoms with van der Waals surface area (Å²) in [4.78, 5) is 16.1. The molecule has 1 aromatic rings. The number of carboxylic acid groups (broad SMARTS) is 1. The summed E-state index contributed by atoms with van der Waals surface area (Å²) < 4.78 is 0.948. The highest BCUT2D eigenvalue weighted by atomic mass is 79.9. The summed E-state index contributed by atoms with van der Waals surface area (Å²) in [6.45, 7) is -0.105. The van der Waals surface area contributed by atoms with E-state index in [1.807, 2.05) is 24.3 Å². The average Bonchev–Trinajstić information content (AvgIpc) is 2.75. The monoisotopic (exact) mass is 298 g/mol. The first kappa shape index (κ1) is 12.1. The van der Waals surface area contributed by atoms with Crippen LogP contribution in [0.2, 0.25) is 0 Å². The molecule has 0 amide bonds. The maximum absolute atomic E-state index is 11.1. The van der Waals surface area contributed by atoms with Crippen LogP contribution in [0.25, 0.3) is 0 Å². The van der Waals surface area contributed by atoms with Crippen LogP contribution in [-0.2, 0) is 9.63 Å². The van der Waals surface area contributed by atoms with E-state index in [9.17, 15) is 4.79 Å². The van der Waals surface area contributed by atoms with Crippen LogP contribution in [0.1, 0.15) is 12.0 Å². The van der Waals surface area contributed by atoms with Gasteiger partial charge in [0.15, 0.2) is 0 Å². The molecule has 1 unspecified atom stereocenters. The normalized spacial score (nSPS) is 23.1. The number of carboxylic acids is 1. The van der Waals surface area contributed by atoms with Crippen LogP contribution in [0.4, 0.5) is 0 Å². The summed E-state index contributed by atoms with van der Waals surface area (Å²) in [7, 11) is 0. The van der Waals surface area contributed by atoms with E-state index in [1.165, 1.54) is 0 Å². The summed E-state index contributed by atoms with van der Waals surface area (Å²) in [6.07, 6.45) is 0.181. The Morgan fingerprint density at radius 1 is 1.53 bits per heavy atom. The third-order valence-corrected chi connectivity index (χ3v) is 3.21. The molecule has 0 saturated carbocycles. The van der Waals surface area contributed by atoms with E-state index < -0.39 is 11.6 Å². The summed E-state index contributed by atoms with van der Waals surface area (Å²) in [5, 5.41) is 12.9. The zero-order chi connectivity index (χ0) is 12.5. The molecule has 1 aliphatic rings. The van der Waals surface area contributed by atoms with Gasteiger partial charge in [-0.05, 0) is 17.7 Å². The number of hydrogen-bond acceptors (Lipinski definition) is 4. The number of carbonyl (C=O) groups is 1. The van der Waals surface area contributed by atoms with Gasteiger partial charge in [-0.15, -0.1) is 0 Å². The van der Waals surface area contributed by atoms with E-state index in [2.05, 4.69) is 21.1 Å². The number of hydrogen-bond donors (Lipinski definition) is 2.